The van der Waals surface area contributed by atoms with Crippen LogP contribution in [-0.4, -0.2) is 39.0 Å². The first kappa shape index (κ1) is 15.5. The molecule has 3 rings (SSSR count). The summed E-state index contributed by atoms with van der Waals surface area (Å²) >= 11 is 0. The predicted molar refractivity (Wildman–Crippen MR) is 80.5 cm³/mol. The topological polar surface area (TPSA) is 87.6 Å². The molecule has 0 aromatic carbocycles. The molecule has 0 fully saturated rings. The normalized spacial score (nSPS) is 13.4. The van der Waals surface area contributed by atoms with E-state index in [1.165, 1.54) is 0 Å². The summed E-state index contributed by atoms with van der Waals surface area (Å²) in [6, 6.07) is 0. The SMILES string of the molecule is Cc1cnn(CCNC(=O)c2n[nH]c3c2CNCC3)c1.Cl. The van der Waals surface area contributed by atoms with Gasteiger partial charge in [-0.15, -0.1) is 12.4 Å². The van der Waals surface area contributed by atoms with Crippen LogP contribution >= 0.6 is 12.4 Å². The van der Waals surface area contributed by atoms with Gasteiger partial charge in [0.2, 0.25) is 0 Å². The molecular formula is C13H19ClN6O. The Bertz CT molecular complexity index is 620. The Morgan fingerprint density at radius 2 is 2.38 bits per heavy atom. The number of hydrogen-bond donors (Lipinski definition) is 3. The number of aromatic amines is 1. The number of H-pyrrole nitrogens is 1. The molecule has 1 amide bonds. The van der Waals surface area contributed by atoms with Crippen molar-refractivity contribution in [1.29, 1.82) is 0 Å². The number of aryl methyl sites for hydroxylation is 1. The lowest BCUT2D eigenvalue weighted by Crippen LogP contribution is -2.30. The molecule has 1 aliphatic rings. The van der Waals surface area contributed by atoms with Crippen molar-refractivity contribution in [1.82, 2.24) is 30.6 Å². The van der Waals surface area contributed by atoms with Crippen molar-refractivity contribution in [2.75, 3.05) is 13.1 Å². The van der Waals surface area contributed by atoms with E-state index in [0.29, 0.717) is 25.3 Å². The number of carbonyl (C=O) groups is 1. The molecule has 21 heavy (non-hydrogen) atoms. The number of halogens is 1. The van der Waals surface area contributed by atoms with Crippen LogP contribution in [0.1, 0.15) is 27.3 Å². The minimum atomic E-state index is -0.130. The smallest absolute Gasteiger partial charge is 0.272 e. The maximum absolute atomic E-state index is 12.1. The molecular weight excluding hydrogens is 292 g/mol. The number of carbonyl (C=O) groups excluding carboxylic acids is 1. The quantitative estimate of drug-likeness (QED) is 0.763. The summed E-state index contributed by atoms with van der Waals surface area (Å²) in [5.74, 6) is -0.130. The summed E-state index contributed by atoms with van der Waals surface area (Å²) in [5, 5.41) is 17.4. The molecule has 0 radical (unpaired) electrons. The van der Waals surface area contributed by atoms with Gasteiger partial charge in [-0.05, 0) is 12.5 Å². The lowest BCUT2D eigenvalue weighted by atomic mass is 10.1. The number of hydrogen-bond acceptors (Lipinski definition) is 4. The Balaban J connectivity index is 0.00000161. The lowest BCUT2D eigenvalue weighted by molar-refractivity contribution is 0.0945. The van der Waals surface area contributed by atoms with Gasteiger partial charge in [-0.2, -0.15) is 10.2 Å². The third-order valence-corrected chi connectivity index (χ3v) is 3.41. The van der Waals surface area contributed by atoms with Crippen LogP contribution in [0.25, 0.3) is 0 Å². The molecule has 0 unspecified atom stereocenters. The highest BCUT2D eigenvalue weighted by Gasteiger charge is 2.21. The van der Waals surface area contributed by atoms with E-state index < -0.39 is 0 Å². The van der Waals surface area contributed by atoms with Gasteiger partial charge in [0.1, 0.15) is 0 Å². The van der Waals surface area contributed by atoms with E-state index in [9.17, 15) is 4.79 Å². The van der Waals surface area contributed by atoms with E-state index in [2.05, 4.69) is 25.9 Å². The number of rotatable bonds is 4. The molecule has 2 aromatic heterocycles. The molecule has 114 valence electrons. The van der Waals surface area contributed by atoms with Gasteiger partial charge < -0.3 is 10.6 Å². The van der Waals surface area contributed by atoms with Crippen LogP contribution in [0, 0.1) is 6.92 Å². The zero-order valence-corrected chi connectivity index (χ0v) is 12.7. The fourth-order valence-corrected chi connectivity index (χ4v) is 2.37. The molecule has 0 bridgehead atoms. The van der Waals surface area contributed by atoms with Gasteiger partial charge in [0.25, 0.3) is 5.91 Å². The summed E-state index contributed by atoms with van der Waals surface area (Å²) in [6.07, 6.45) is 4.65. The second-order valence-electron chi connectivity index (χ2n) is 4.99. The fourth-order valence-electron chi connectivity index (χ4n) is 2.37. The van der Waals surface area contributed by atoms with E-state index >= 15 is 0 Å². The molecule has 8 heteroatoms. The van der Waals surface area contributed by atoms with Gasteiger partial charge in [0.05, 0.1) is 12.7 Å². The second kappa shape index (κ2) is 6.73. The highest BCUT2D eigenvalue weighted by Crippen LogP contribution is 2.14. The van der Waals surface area contributed by atoms with Gasteiger partial charge in [0, 0.05) is 43.5 Å². The van der Waals surface area contributed by atoms with Crippen molar-refractivity contribution in [3.05, 3.63) is 34.9 Å². The number of aromatic nitrogens is 4. The Kier molecular flexibility index (Phi) is 4.98. The van der Waals surface area contributed by atoms with E-state index in [0.717, 1.165) is 29.8 Å². The lowest BCUT2D eigenvalue weighted by Gasteiger charge is -2.12. The van der Waals surface area contributed by atoms with E-state index in [1.807, 2.05) is 17.8 Å². The van der Waals surface area contributed by atoms with Crippen molar-refractivity contribution >= 4 is 18.3 Å². The first-order valence-corrected chi connectivity index (χ1v) is 6.78. The van der Waals surface area contributed by atoms with Crippen LogP contribution < -0.4 is 10.6 Å². The number of nitrogens with one attached hydrogen (secondary N) is 3. The maximum atomic E-state index is 12.1. The molecule has 0 atom stereocenters. The van der Waals surface area contributed by atoms with Crippen LogP contribution in [0.15, 0.2) is 12.4 Å². The third kappa shape index (κ3) is 3.43. The Hall–Kier alpha value is -1.86. The largest absolute Gasteiger partial charge is 0.349 e. The van der Waals surface area contributed by atoms with Crippen molar-refractivity contribution < 1.29 is 4.79 Å². The Morgan fingerprint density at radius 1 is 1.52 bits per heavy atom. The van der Waals surface area contributed by atoms with E-state index in [-0.39, 0.29) is 18.3 Å². The molecule has 7 nitrogen and oxygen atoms in total. The summed E-state index contributed by atoms with van der Waals surface area (Å²) in [7, 11) is 0. The second-order valence-corrected chi connectivity index (χ2v) is 4.99. The van der Waals surface area contributed by atoms with Crippen molar-refractivity contribution in [3.63, 3.8) is 0 Å². The molecule has 0 saturated carbocycles. The zero-order chi connectivity index (χ0) is 13.9. The third-order valence-electron chi connectivity index (χ3n) is 3.41. The number of amides is 1. The number of fused-ring (bicyclic) bond motifs is 1. The van der Waals surface area contributed by atoms with Crippen molar-refractivity contribution in [3.8, 4) is 0 Å². The van der Waals surface area contributed by atoms with Crippen LogP contribution in [0.3, 0.4) is 0 Å². The first-order valence-electron chi connectivity index (χ1n) is 6.78. The fraction of sp³-hybridized carbons (Fsp3) is 0.462. The highest BCUT2D eigenvalue weighted by molar-refractivity contribution is 5.94. The first-order chi connectivity index (χ1) is 9.74. The summed E-state index contributed by atoms with van der Waals surface area (Å²) < 4.78 is 1.82. The zero-order valence-electron chi connectivity index (χ0n) is 11.8. The van der Waals surface area contributed by atoms with E-state index in [1.54, 1.807) is 6.20 Å². The predicted octanol–water partition coefficient (Wildman–Crippen LogP) is 0.412. The Labute approximate surface area is 128 Å². The van der Waals surface area contributed by atoms with Gasteiger partial charge in [0.15, 0.2) is 5.69 Å². The molecule has 3 heterocycles. The molecule has 2 aromatic rings. The molecule has 0 saturated heterocycles. The molecule has 0 aliphatic carbocycles. The average molecular weight is 311 g/mol. The van der Waals surface area contributed by atoms with Crippen molar-refractivity contribution in [2.45, 2.75) is 26.4 Å². The minimum Gasteiger partial charge on any atom is -0.349 e. The molecule has 3 N–H and O–H groups in total. The highest BCUT2D eigenvalue weighted by atomic mass is 35.5. The van der Waals surface area contributed by atoms with Crippen LogP contribution in [0.4, 0.5) is 0 Å². The molecule has 1 aliphatic heterocycles. The summed E-state index contributed by atoms with van der Waals surface area (Å²) in [4.78, 5) is 12.1. The summed E-state index contributed by atoms with van der Waals surface area (Å²) in [5.41, 5.74) is 3.67. The average Bonchev–Trinajstić information content (AvgIpc) is 3.05. The summed E-state index contributed by atoms with van der Waals surface area (Å²) in [6.45, 7) is 4.81. The van der Waals surface area contributed by atoms with Gasteiger partial charge in [-0.1, -0.05) is 0 Å². The van der Waals surface area contributed by atoms with Gasteiger partial charge >= 0.3 is 0 Å². The minimum absolute atomic E-state index is 0. The number of nitrogens with zero attached hydrogens (tertiary/aromatic N) is 3. The monoisotopic (exact) mass is 310 g/mol. The maximum Gasteiger partial charge on any atom is 0.272 e. The van der Waals surface area contributed by atoms with E-state index in [4.69, 9.17) is 0 Å². The van der Waals surface area contributed by atoms with Crippen LogP contribution in [0.5, 0.6) is 0 Å². The Morgan fingerprint density at radius 3 is 3.14 bits per heavy atom. The van der Waals surface area contributed by atoms with Crippen LogP contribution in [-0.2, 0) is 19.5 Å². The van der Waals surface area contributed by atoms with Crippen LogP contribution in [0.2, 0.25) is 0 Å². The van der Waals surface area contributed by atoms with Crippen molar-refractivity contribution in [2.24, 2.45) is 0 Å². The van der Waals surface area contributed by atoms with Gasteiger partial charge in [-0.3, -0.25) is 14.6 Å². The molecule has 0 spiro atoms. The standard InChI is InChI=1S/C13H18N6O.ClH/c1-9-6-16-19(8-9)5-4-15-13(20)12-10-7-14-3-2-11(10)17-18-12;/h6,8,14H,2-5,7H2,1H3,(H,15,20)(H,17,18);1H. The van der Waals surface area contributed by atoms with Gasteiger partial charge in [-0.25, -0.2) is 0 Å².